The van der Waals surface area contributed by atoms with Crippen LogP contribution < -0.4 is 10.5 Å². The number of sulfone groups is 1. The quantitative estimate of drug-likeness (QED) is 0.855. The lowest BCUT2D eigenvalue weighted by Gasteiger charge is -2.08. The zero-order chi connectivity index (χ0) is 14.8. The number of methoxy groups -OCH3 is 1. The van der Waals surface area contributed by atoms with Crippen LogP contribution in [0.25, 0.3) is 0 Å². The van der Waals surface area contributed by atoms with E-state index in [-0.39, 0.29) is 10.6 Å². The van der Waals surface area contributed by atoms with Gasteiger partial charge >= 0.3 is 0 Å². The highest BCUT2D eigenvalue weighted by Crippen LogP contribution is 2.24. The Morgan fingerprint density at radius 2 is 1.95 bits per heavy atom. The summed E-state index contributed by atoms with van der Waals surface area (Å²) in [5, 5.41) is 0. The summed E-state index contributed by atoms with van der Waals surface area (Å²) < 4.78 is 30.5. The first-order chi connectivity index (χ1) is 9.40. The zero-order valence-corrected chi connectivity index (χ0v) is 13.2. The molecule has 0 atom stereocenters. The van der Waals surface area contributed by atoms with Gasteiger partial charge in [0.25, 0.3) is 0 Å². The Morgan fingerprint density at radius 1 is 1.20 bits per heavy atom. The molecule has 0 unspecified atom stereocenters. The minimum absolute atomic E-state index is 0.120. The van der Waals surface area contributed by atoms with Crippen molar-refractivity contribution in [3.05, 3.63) is 52.5 Å². The summed E-state index contributed by atoms with van der Waals surface area (Å²) in [4.78, 5) is 0.272. The second-order valence-corrected chi connectivity index (χ2v) is 7.24. The lowest BCUT2D eigenvalue weighted by atomic mass is 10.2. The molecule has 2 rings (SSSR count). The van der Waals surface area contributed by atoms with E-state index < -0.39 is 9.84 Å². The fourth-order valence-electron chi connectivity index (χ4n) is 1.85. The van der Waals surface area contributed by atoms with Crippen LogP contribution in [0.2, 0.25) is 0 Å². The summed E-state index contributed by atoms with van der Waals surface area (Å²) in [6.07, 6.45) is 0. The highest BCUT2D eigenvalue weighted by Gasteiger charge is 2.16. The van der Waals surface area contributed by atoms with Crippen LogP contribution in [0.15, 0.2) is 51.8 Å². The molecule has 0 heterocycles. The fourth-order valence-corrected chi connectivity index (χ4v) is 3.77. The van der Waals surface area contributed by atoms with Crippen molar-refractivity contribution in [3.8, 4) is 5.75 Å². The third-order valence-electron chi connectivity index (χ3n) is 2.74. The number of ether oxygens (including phenoxy) is 1. The Hall–Kier alpha value is -1.53. The molecule has 0 bridgehead atoms. The molecule has 0 aliphatic carbocycles. The summed E-state index contributed by atoms with van der Waals surface area (Å²) in [6.45, 7) is 0. The number of nitrogen functional groups attached to an aromatic ring is 1. The number of hydrogen-bond donors (Lipinski definition) is 1. The molecule has 20 heavy (non-hydrogen) atoms. The number of hydrogen-bond acceptors (Lipinski definition) is 4. The Kier molecular flexibility index (Phi) is 4.35. The molecule has 0 aliphatic rings. The van der Waals surface area contributed by atoms with Crippen molar-refractivity contribution < 1.29 is 13.2 Å². The number of benzene rings is 2. The second kappa shape index (κ2) is 5.85. The van der Waals surface area contributed by atoms with Crippen molar-refractivity contribution in [1.29, 1.82) is 0 Å². The van der Waals surface area contributed by atoms with Gasteiger partial charge in [-0.2, -0.15) is 0 Å². The van der Waals surface area contributed by atoms with Crippen molar-refractivity contribution in [3.63, 3.8) is 0 Å². The van der Waals surface area contributed by atoms with Crippen LogP contribution in [-0.2, 0) is 15.6 Å². The van der Waals surface area contributed by atoms with Gasteiger partial charge in [-0.15, -0.1) is 0 Å². The maximum absolute atomic E-state index is 12.4. The van der Waals surface area contributed by atoms with Gasteiger partial charge < -0.3 is 10.5 Å². The highest BCUT2D eigenvalue weighted by atomic mass is 79.9. The summed E-state index contributed by atoms with van der Waals surface area (Å²) in [5.41, 5.74) is 6.81. The largest absolute Gasteiger partial charge is 0.497 e. The standard InChI is InChI=1S/C14H14BrNO3S/c1-19-13-6-10(5-12(16)8-13)9-20(17,18)14-4-2-3-11(15)7-14/h2-8H,9,16H2,1H3. The maximum Gasteiger partial charge on any atom is 0.182 e. The van der Waals surface area contributed by atoms with Gasteiger partial charge in [-0.1, -0.05) is 22.0 Å². The molecule has 4 nitrogen and oxygen atoms in total. The lowest BCUT2D eigenvalue weighted by molar-refractivity contribution is 0.414. The van der Waals surface area contributed by atoms with Gasteiger partial charge in [-0.3, -0.25) is 0 Å². The monoisotopic (exact) mass is 355 g/mol. The zero-order valence-electron chi connectivity index (χ0n) is 10.8. The van der Waals surface area contributed by atoms with Gasteiger partial charge in [0.05, 0.1) is 17.8 Å². The second-order valence-electron chi connectivity index (χ2n) is 4.33. The Labute approximate surface area is 126 Å². The minimum atomic E-state index is -3.42. The molecular formula is C14H14BrNO3S. The third-order valence-corrected chi connectivity index (χ3v) is 4.92. The first-order valence-electron chi connectivity index (χ1n) is 5.82. The molecule has 0 aromatic heterocycles. The highest BCUT2D eigenvalue weighted by molar-refractivity contribution is 9.10. The Bertz CT molecular complexity index is 729. The molecule has 6 heteroatoms. The Morgan fingerprint density at radius 3 is 2.60 bits per heavy atom. The van der Waals surface area contributed by atoms with Crippen molar-refractivity contribution in [2.75, 3.05) is 12.8 Å². The number of rotatable bonds is 4. The lowest BCUT2D eigenvalue weighted by Crippen LogP contribution is -2.05. The van der Waals surface area contributed by atoms with Crippen LogP contribution in [0, 0.1) is 0 Å². The molecule has 0 saturated carbocycles. The van der Waals surface area contributed by atoms with Crippen LogP contribution >= 0.6 is 15.9 Å². The maximum atomic E-state index is 12.4. The van der Waals surface area contributed by atoms with Gasteiger partial charge in [0.2, 0.25) is 0 Å². The van der Waals surface area contributed by atoms with Gasteiger partial charge in [0, 0.05) is 16.2 Å². The van der Waals surface area contributed by atoms with Crippen molar-refractivity contribution >= 4 is 31.5 Å². The molecular weight excluding hydrogens is 342 g/mol. The van der Waals surface area contributed by atoms with E-state index in [9.17, 15) is 8.42 Å². The van der Waals surface area contributed by atoms with Gasteiger partial charge in [0.15, 0.2) is 9.84 Å². The number of anilines is 1. The predicted molar refractivity (Wildman–Crippen MR) is 82.4 cm³/mol. The number of nitrogens with two attached hydrogens (primary N) is 1. The predicted octanol–water partition coefficient (Wildman–Crippen LogP) is 3.01. The normalized spacial score (nSPS) is 11.3. The van der Waals surface area contributed by atoms with Crippen LogP contribution in [0.5, 0.6) is 5.75 Å². The summed E-state index contributed by atoms with van der Waals surface area (Å²) >= 11 is 3.27. The van der Waals surface area contributed by atoms with E-state index in [0.717, 1.165) is 4.47 Å². The van der Waals surface area contributed by atoms with E-state index in [0.29, 0.717) is 17.0 Å². The molecule has 2 N–H and O–H groups in total. The van der Waals surface area contributed by atoms with E-state index in [1.165, 1.54) is 7.11 Å². The molecule has 0 radical (unpaired) electrons. The molecule has 0 aliphatic heterocycles. The summed E-state index contributed by atoms with van der Waals surface area (Å²) in [6, 6.07) is 11.6. The molecule has 2 aromatic rings. The fraction of sp³-hybridized carbons (Fsp3) is 0.143. The topological polar surface area (TPSA) is 69.4 Å². The molecule has 2 aromatic carbocycles. The van der Waals surface area contributed by atoms with Gasteiger partial charge in [-0.25, -0.2) is 8.42 Å². The van der Waals surface area contributed by atoms with E-state index in [4.69, 9.17) is 10.5 Å². The smallest absolute Gasteiger partial charge is 0.182 e. The van der Waals surface area contributed by atoms with Crippen LogP contribution in [0.4, 0.5) is 5.69 Å². The Balaban J connectivity index is 2.35. The molecule has 0 saturated heterocycles. The van der Waals surface area contributed by atoms with Gasteiger partial charge in [0.1, 0.15) is 5.75 Å². The van der Waals surface area contributed by atoms with Crippen molar-refractivity contribution in [1.82, 2.24) is 0 Å². The first-order valence-corrected chi connectivity index (χ1v) is 8.27. The third kappa shape index (κ3) is 3.52. The summed E-state index contributed by atoms with van der Waals surface area (Å²) in [7, 11) is -1.90. The molecule has 0 fully saturated rings. The number of halogens is 1. The first kappa shape index (κ1) is 14.9. The van der Waals surface area contributed by atoms with E-state index in [1.807, 2.05) is 0 Å². The van der Waals surface area contributed by atoms with Crippen LogP contribution in [0.3, 0.4) is 0 Å². The average Bonchev–Trinajstić information content (AvgIpc) is 2.37. The van der Waals surface area contributed by atoms with E-state index in [2.05, 4.69) is 15.9 Å². The van der Waals surface area contributed by atoms with E-state index in [1.54, 1.807) is 42.5 Å². The van der Waals surface area contributed by atoms with Crippen LogP contribution in [-0.4, -0.2) is 15.5 Å². The van der Waals surface area contributed by atoms with Crippen LogP contribution in [0.1, 0.15) is 5.56 Å². The molecule has 106 valence electrons. The average molecular weight is 356 g/mol. The summed E-state index contributed by atoms with van der Waals surface area (Å²) in [5.74, 6) is 0.426. The molecule has 0 amide bonds. The molecule has 0 spiro atoms. The van der Waals surface area contributed by atoms with Crippen molar-refractivity contribution in [2.24, 2.45) is 0 Å². The SMILES string of the molecule is COc1cc(N)cc(CS(=O)(=O)c2cccc(Br)c2)c1. The minimum Gasteiger partial charge on any atom is -0.497 e. The van der Waals surface area contributed by atoms with Gasteiger partial charge in [-0.05, 0) is 35.9 Å². The van der Waals surface area contributed by atoms with E-state index >= 15 is 0 Å². The van der Waals surface area contributed by atoms with Crippen molar-refractivity contribution in [2.45, 2.75) is 10.6 Å².